The number of hydrogen-bond donors (Lipinski definition) is 1. The Balaban J connectivity index is 1.82. The van der Waals surface area contributed by atoms with Gasteiger partial charge in [0.05, 0.1) is 18.2 Å². The lowest BCUT2D eigenvalue weighted by atomic mass is 10.1. The van der Waals surface area contributed by atoms with Crippen molar-refractivity contribution in [1.82, 2.24) is 4.57 Å². The van der Waals surface area contributed by atoms with Gasteiger partial charge >= 0.3 is 5.97 Å². The molecule has 0 aliphatic heterocycles. The summed E-state index contributed by atoms with van der Waals surface area (Å²) in [4.78, 5) is 12.4. The van der Waals surface area contributed by atoms with Gasteiger partial charge in [-0.2, -0.15) is 0 Å². The van der Waals surface area contributed by atoms with Crippen molar-refractivity contribution in [3.05, 3.63) is 71.9 Å². The number of nitrogens with zero attached hydrogens (tertiary/aromatic N) is 1. The Labute approximate surface area is 160 Å². The fourth-order valence-electron chi connectivity index (χ4n) is 3.95. The van der Waals surface area contributed by atoms with E-state index < -0.39 is 5.97 Å². The number of carbonyl (C=O) groups is 1. The number of ether oxygens (including phenoxy) is 1. The van der Waals surface area contributed by atoms with Crippen LogP contribution in [-0.4, -0.2) is 22.8 Å². The summed E-state index contributed by atoms with van der Waals surface area (Å²) >= 11 is 0. The van der Waals surface area contributed by atoms with Crippen molar-refractivity contribution in [2.24, 2.45) is 0 Å². The van der Waals surface area contributed by atoms with Gasteiger partial charge in [-0.3, -0.25) is 0 Å². The van der Waals surface area contributed by atoms with E-state index in [2.05, 4.69) is 0 Å². The highest BCUT2D eigenvalue weighted by atomic mass is 16.5. The maximum Gasteiger partial charge on any atom is 0.340 e. The van der Waals surface area contributed by atoms with Gasteiger partial charge in [0.1, 0.15) is 16.9 Å². The van der Waals surface area contributed by atoms with E-state index >= 15 is 0 Å². The van der Waals surface area contributed by atoms with E-state index in [0.29, 0.717) is 10.9 Å². The van der Waals surface area contributed by atoms with Crippen LogP contribution >= 0.6 is 0 Å². The molecule has 0 atom stereocenters. The van der Waals surface area contributed by atoms with Gasteiger partial charge in [0, 0.05) is 33.6 Å². The van der Waals surface area contributed by atoms with Gasteiger partial charge in [-0.05, 0) is 43.3 Å². The molecule has 2 aromatic heterocycles. The SMILES string of the molecule is COC(=O)c1c(C)n(-c2ccc3c(c2)oc2ccccc23)c2ccc(O)cc12. The summed E-state index contributed by atoms with van der Waals surface area (Å²) in [6.45, 7) is 1.87. The number of hydrogen-bond acceptors (Lipinski definition) is 4. The molecular formula is C23H17NO4. The number of aromatic hydroxyl groups is 1. The molecule has 5 nitrogen and oxygen atoms in total. The molecule has 0 aliphatic carbocycles. The average molecular weight is 371 g/mol. The Morgan fingerprint density at radius 2 is 1.75 bits per heavy atom. The number of para-hydroxylation sites is 1. The number of furan rings is 1. The number of rotatable bonds is 2. The fraction of sp³-hybridized carbons (Fsp3) is 0.0870. The van der Waals surface area contributed by atoms with Gasteiger partial charge in [-0.1, -0.05) is 18.2 Å². The molecule has 5 aromatic rings. The van der Waals surface area contributed by atoms with Gasteiger partial charge in [0.25, 0.3) is 0 Å². The van der Waals surface area contributed by atoms with Crippen molar-refractivity contribution in [2.75, 3.05) is 7.11 Å². The minimum atomic E-state index is -0.434. The van der Waals surface area contributed by atoms with Gasteiger partial charge < -0.3 is 18.8 Å². The monoisotopic (exact) mass is 371 g/mol. The number of aromatic nitrogens is 1. The summed E-state index contributed by atoms with van der Waals surface area (Å²) < 4.78 is 13.0. The van der Waals surface area contributed by atoms with E-state index in [-0.39, 0.29) is 5.75 Å². The molecule has 0 unspecified atom stereocenters. The minimum Gasteiger partial charge on any atom is -0.508 e. The third-order valence-corrected chi connectivity index (χ3v) is 5.20. The molecule has 0 aliphatic rings. The molecule has 0 saturated carbocycles. The van der Waals surface area contributed by atoms with E-state index in [1.165, 1.54) is 7.11 Å². The Hall–Kier alpha value is -3.73. The number of phenols is 1. The van der Waals surface area contributed by atoms with Crippen molar-refractivity contribution in [2.45, 2.75) is 6.92 Å². The molecule has 5 heteroatoms. The third kappa shape index (κ3) is 2.23. The van der Waals surface area contributed by atoms with Crippen LogP contribution in [0.5, 0.6) is 5.75 Å². The number of phenolic OH excluding ortho intramolecular Hbond substituents is 1. The van der Waals surface area contributed by atoms with E-state index in [4.69, 9.17) is 9.15 Å². The lowest BCUT2D eigenvalue weighted by Gasteiger charge is -2.09. The molecule has 28 heavy (non-hydrogen) atoms. The van der Waals surface area contributed by atoms with Crippen LogP contribution in [0.3, 0.4) is 0 Å². The molecule has 0 spiro atoms. The summed E-state index contributed by atoms with van der Waals surface area (Å²) in [5, 5.41) is 12.7. The summed E-state index contributed by atoms with van der Waals surface area (Å²) in [5.41, 5.74) is 4.48. The van der Waals surface area contributed by atoms with Gasteiger partial charge in [0.15, 0.2) is 0 Å². The molecule has 3 aromatic carbocycles. The highest BCUT2D eigenvalue weighted by molar-refractivity contribution is 6.08. The first kappa shape index (κ1) is 16.4. The first-order valence-electron chi connectivity index (χ1n) is 8.92. The molecule has 5 rings (SSSR count). The lowest BCUT2D eigenvalue weighted by Crippen LogP contribution is -2.04. The summed E-state index contributed by atoms with van der Waals surface area (Å²) in [6.07, 6.45) is 0. The van der Waals surface area contributed by atoms with Crippen molar-refractivity contribution in [3.63, 3.8) is 0 Å². The first-order valence-corrected chi connectivity index (χ1v) is 8.92. The van der Waals surface area contributed by atoms with Crippen LogP contribution in [-0.2, 0) is 4.74 Å². The molecule has 0 saturated heterocycles. The molecule has 0 amide bonds. The van der Waals surface area contributed by atoms with Crippen LogP contribution < -0.4 is 0 Å². The van der Waals surface area contributed by atoms with Crippen molar-refractivity contribution in [1.29, 1.82) is 0 Å². The highest BCUT2D eigenvalue weighted by Gasteiger charge is 2.22. The van der Waals surface area contributed by atoms with Gasteiger partial charge in [0.2, 0.25) is 0 Å². The highest BCUT2D eigenvalue weighted by Crippen LogP contribution is 2.35. The van der Waals surface area contributed by atoms with Crippen molar-refractivity contribution >= 4 is 38.8 Å². The second-order valence-electron chi connectivity index (χ2n) is 6.77. The van der Waals surface area contributed by atoms with Gasteiger partial charge in [-0.15, -0.1) is 0 Å². The first-order chi connectivity index (χ1) is 13.6. The Morgan fingerprint density at radius 3 is 2.57 bits per heavy atom. The molecule has 2 heterocycles. The largest absolute Gasteiger partial charge is 0.508 e. The summed E-state index contributed by atoms with van der Waals surface area (Å²) in [6, 6.07) is 18.9. The van der Waals surface area contributed by atoms with Crippen LogP contribution in [0.1, 0.15) is 16.1 Å². The quantitative estimate of drug-likeness (QED) is 0.426. The molecule has 138 valence electrons. The predicted molar refractivity (Wildman–Crippen MR) is 108 cm³/mol. The van der Waals surface area contributed by atoms with E-state index in [1.807, 2.05) is 54.0 Å². The normalized spacial score (nSPS) is 11.5. The zero-order chi connectivity index (χ0) is 19.4. The van der Waals surface area contributed by atoms with Crippen LogP contribution in [0.15, 0.2) is 65.1 Å². The average Bonchev–Trinajstić information content (AvgIpc) is 3.20. The number of esters is 1. The molecule has 0 radical (unpaired) electrons. The Bertz CT molecular complexity index is 1390. The number of benzene rings is 3. The second kappa shape index (κ2) is 5.89. The molecule has 0 bridgehead atoms. The van der Waals surface area contributed by atoms with Crippen molar-refractivity contribution in [3.8, 4) is 11.4 Å². The number of fused-ring (bicyclic) bond motifs is 4. The maximum atomic E-state index is 12.4. The predicted octanol–water partition coefficient (Wildman–Crippen LogP) is 5.33. The van der Waals surface area contributed by atoms with Crippen LogP contribution in [0.2, 0.25) is 0 Å². The van der Waals surface area contributed by atoms with E-state index in [9.17, 15) is 9.90 Å². The van der Waals surface area contributed by atoms with Crippen LogP contribution in [0.4, 0.5) is 0 Å². The number of methoxy groups -OCH3 is 1. The Morgan fingerprint density at radius 1 is 0.964 bits per heavy atom. The zero-order valence-electron chi connectivity index (χ0n) is 15.4. The van der Waals surface area contributed by atoms with Gasteiger partial charge in [-0.25, -0.2) is 4.79 Å². The fourth-order valence-corrected chi connectivity index (χ4v) is 3.95. The minimum absolute atomic E-state index is 0.0996. The lowest BCUT2D eigenvalue weighted by molar-refractivity contribution is 0.0602. The summed E-state index contributed by atoms with van der Waals surface area (Å²) in [5.74, 6) is -0.334. The van der Waals surface area contributed by atoms with E-state index in [0.717, 1.165) is 38.8 Å². The Kier molecular flexibility index (Phi) is 3.46. The zero-order valence-corrected chi connectivity index (χ0v) is 15.4. The maximum absolute atomic E-state index is 12.4. The van der Waals surface area contributed by atoms with Crippen LogP contribution in [0.25, 0.3) is 38.5 Å². The third-order valence-electron chi connectivity index (χ3n) is 5.20. The second-order valence-corrected chi connectivity index (χ2v) is 6.77. The van der Waals surface area contributed by atoms with Crippen molar-refractivity contribution < 1.29 is 19.1 Å². The molecule has 1 N–H and O–H groups in total. The summed E-state index contributed by atoms with van der Waals surface area (Å²) in [7, 11) is 1.36. The molecular weight excluding hydrogens is 354 g/mol. The van der Waals surface area contributed by atoms with Crippen LogP contribution in [0, 0.1) is 6.92 Å². The van der Waals surface area contributed by atoms with E-state index in [1.54, 1.807) is 18.2 Å². The topological polar surface area (TPSA) is 64.6 Å². The smallest absolute Gasteiger partial charge is 0.340 e. The molecule has 0 fully saturated rings. The number of carbonyl (C=O) groups excluding carboxylic acids is 1. The standard InChI is InChI=1S/C23H17NO4/c1-13-22(23(26)27-2)18-12-15(25)8-10-19(18)24(13)14-7-9-17-16-5-3-4-6-20(16)28-21(17)11-14/h3-12,25H,1-2H3.